The second-order valence-electron chi connectivity index (χ2n) is 3.07. The Hall–Kier alpha value is -1.01. The highest BCUT2D eigenvalue weighted by Crippen LogP contribution is 2.35. The van der Waals surface area contributed by atoms with Crippen molar-refractivity contribution in [1.82, 2.24) is 0 Å². The van der Waals surface area contributed by atoms with Gasteiger partial charge in [0.2, 0.25) is 0 Å². The third kappa shape index (κ3) is 0.997. The molecule has 0 aliphatic heterocycles. The highest BCUT2D eigenvalue weighted by molar-refractivity contribution is 7.16. The van der Waals surface area contributed by atoms with Gasteiger partial charge in [0.1, 0.15) is 10.9 Å². The summed E-state index contributed by atoms with van der Waals surface area (Å²) in [6.07, 6.45) is 4.54. The fourth-order valence-corrected chi connectivity index (χ4v) is 2.71. The molecular weight excluding hydrogens is 168 g/mol. The fourth-order valence-electron chi connectivity index (χ4n) is 1.75. The maximum absolute atomic E-state index is 8.81. The summed E-state index contributed by atoms with van der Waals surface area (Å²) in [5.41, 5.74) is 8.29. The van der Waals surface area contributed by atoms with Crippen LogP contribution in [-0.2, 0) is 12.8 Å². The van der Waals surface area contributed by atoms with Crippen molar-refractivity contribution in [1.29, 1.82) is 5.26 Å². The van der Waals surface area contributed by atoms with Crippen LogP contribution in [0.4, 0.5) is 5.00 Å². The van der Waals surface area contributed by atoms with Gasteiger partial charge in [-0.2, -0.15) is 5.26 Å². The van der Waals surface area contributed by atoms with E-state index in [4.69, 9.17) is 11.0 Å². The molecule has 0 saturated heterocycles. The summed E-state index contributed by atoms with van der Waals surface area (Å²) in [7, 11) is 0. The van der Waals surface area contributed by atoms with Gasteiger partial charge in [-0.15, -0.1) is 11.3 Å². The number of nitrogens with zero attached hydrogens (tertiary/aromatic N) is 1. The third-order valence-electron chi connectivity index (χ3n) is 2.35. The Morgan fingerprint density at radius 2 is 1.92 bits per heavy atom. The molecule has 3 heteroatoms. The number of hydrogen-bond acceptors (Lipinski definition) is 3. The van der Waals surface area contributed by atoms with Gasteiger partial charge in [0.15, 0.2) is 0 Å². The molecule has 1 aromatic rings. The summed E-state index contributed by atoms with van der Waals surface area (Å²) in [6, 6.07) is 2.21. The lowest BCUT2D eigenvalue weighted by Gasteiger charge is -2.11. The zero-order valence-electron chi connectivity index (χ0n) is 6.76. The van der Waals surface area contributed by atoms with E-state index in [-0.39, 0.29) is 0 Å². The molecule has 1 aromatic heterocycles. The first-order valence-electron chi connectivity index (χ1n) is 4.13. The van der Waals surface area contributed by atoms with Crippen molar-refractivity contribution in [3.8, 4) is 6.07 Å². The first-order chi connectivity index (χ1) is 5.83. The quantitative estimate of drug-likeness (QED) is 0.661. The minimum atomic E-state index is 0.835. The molecule has 12 heavy (non-hydrogen) atoms. The first-order valence-corrected chi connectivity index (χ1v) is 4.94. The van der Waals surface area contributed by atoms with Crippen LogP contribution in [-0.4, -0.2) is 0 Å². The normalized spacial score (nSPS) is 15.2. The lowest BCUT2D eigenvalue weighted by molar-refractivity contribution is 0.690. The molecule has 2 nitrogen and oxygen atoms in total. The Morgan fingerprint density at radius 1 is 1.25 bits per heavy atom. The number of hydrogen-bond donors (Lipinski definition) is 1. The lowest BCUT2D eigenvalue weighted by Crippen LogP contribution is -2.02. The van der Waals surface area contributed by atoms with E-state index in [9.17, 15) is 0 Å². The number of fused-ring (bicyclic) bond motifs is 1. The van der Waals surface area contributed by atoms with E-state index in [1.807, 2.05) is 0 Å². The lowest BCUT2D eigenvalue weighted by atomic mass is 9.93. The molecule has 0 radical (unpaired) electrons. The molecule has 0 fully saturated rings. The van der Waals surface area contributed by atoms with E-state index in [1.165, 1.54) is 35.3 Å². The molecule has 0 amide bonds. The van der Waals surface area contributed by atoms with E-state index < -0.39 is 0 Å². The largest absolute Gasteiger partial charge is 0.390 e. The highest BCUT2D eigenvalue weighted by Gasteiger charge is 2.18. The van der Waals surface area contributed by atoms with E-state index in [0.717, 1.165) is 22.7 Å². The Balaban J connectivity index is 2.56. The van der Waals surface area contributed by atoms with Gasteiger partial charge in [-0.25, -0.2) is 0 Å². The van der Waals surface area contributed by atoms with Crippen molar-refractivity contribution in [2.45, 2.75) is 25.7 Å². The summed E-state index contributed by atoms with van der Waals surface area (Å²) in [5, 5.41) is 9.67. The van der Waals surface area contributed by atoms with Crippen molar-refractivity contribution in [3.63, 3.8) is 0 Å². The first kappa shape index (κ1) is 7.63. The minimum Gasteiger partial charge on any atom is -0.390 e. The summed E-state index contributed by atoms with van der Waals surface area (Å²) in [6.45, 7) is 0. The molecule has 0 spiro atoms. The number of anilines is 1. The van der Waals surface area contributed by atoms with Crippen LogP contribution < -0.4 is 5.73 Å². The van der Waals surface area contributed by atoms with Gasteiger partial charge in [0, 0.05) is 0 Å². The zero-order chi connectivity index (χ0) is 8.55. The van der Waals surface area contributed by atoms with Crippen LogP contribution >= 0.6 is 11.3 Å². The number of nitrogen functional groups attached to an aromatic ring is 1. The monoisotopic (exact) mass is 178 g/mol. The average molecular weight is 178 g/mol. The van der Waals surface area contributed by atoms with Crippen molar-refractivity contribution in [3.05, 3.63) is 16.0 Å². The van der Waals surface area contributed by atoms with Crippen LogP contribution in [0.5, 0.6) is 0 Å². The summed E-state index contributed by atoms with van der Waals surface area (Å²) >= 11 is 1.45. The Bertz CT molecular complexity index is 346. The van der Waals surface area contributed by atoms with Gasteiger partial charge in [-0.1, -0.05) is 0 Å². The molecule has 0 aromatic carbocycles. The molecule has 0 bridgehead atoms. The van der Waals surface area contributed by atoms with Crippen molar-refractivity contribution >= 4 is 16.3 Å². The van der Waals surface area contributed by atoms with Crippen molar-refractivity contribution in [2.24, 2.45) is 0 Å². The second kappa shape index (κ2) is 2.80. The van der Waals surface area contributed by atoms with E-state index in [1.54, 1.807) is 0 Å². The molecule has 1 heterocycles. The van der Waals surface area contributed by atoms with Gasteiger partial charge in [0.05, 0.1) is 5.00 Å². The van der Waals surface area contributed by atoms with Gasteiger partial charge >= 0.3 is 0 Å². The molecule has 1 aliphatic rings. The van der Waals surface area contributed by atoms with Gasteiger partial charge in [0.25, 0.3) is 0 Å². The molecule has 0 saturated carbocycles. The van der Waals surface area contributed by atoms with Crippen LogP contribution in [0.25, 0.3) is 0 Å². The van der Waals surface area contributed by atoms with Gasteiger partial charge < -0.3 is 5.73 Å². The minimum absolute atomic E-state index is 0.835. The van der Waals surface area contributed by atoms with Gasteiger partial charge in [-0.3, -0.25) is 0 Å². The summed E-state index contributed by atoms with van der Waals surface area (Å²) < 4.78 is 0. The summed E-state index contributed by atoms with van der Waals surface area (Å²) in [4.78, 5) is 0.835. The van der Waals surface area contributed by atoms with E-state index in [2.05, 4.69) is 6.07 Å². The SMILES string of the molecule is N#Cc1sc(N)c2c1CCCC2. The van der Waals surface area contributed by atoms with Gasteiger partial charge in [-0.05, 0) is 36.8 Å². The molecule has 2 rings (SSSR count). The predicted octanol–water partition coefficient (Wildman–Crippen LogP) is 2.08. The molecule has 0 atom stereocenters. The van der Waals surface area contributed by atoms with E-state index >= 15 is 0 Å². The smallest absolute Gasteiger partial charge is 0.110 e. The van der Waals surface area contributed by atoms with Crippen molar-refractivity contribution in [2.75, 3.05) is 5.73 Å². The average Bonchev–Trinajstić information content (AvgIpc) is 2.44. The highest BCUT2D eigenvalue weighted by atomic mass is 32.1. The fraction of sp³-hybridized carbons (Fsp3) is 0.444. The maximum atomic E-state index is 8.81. The summed E-state index contributed by atoms with van der Waals surface area (Å²) in [5.74, 6) is 0. The van der Waals surface area contributed by atoms with Crippen LogP contribution in [0.2, 0.25) is 0 Å². The number of nitrogens with two attached hydrogens (primary N) is 1. The molecule has 62 valence electrons. The van der Waals surface area contributed by atoms with Crippen LogP contribution in [0.1, 0.15) is 28.8 Å². The zero-order valence-corrected chi connectivity index (χ0v) is 7.58. The number of rotatable bonds is 0. The Kier molecular flexibility index (Phi) is 1.78. The van der Waals surface area contributed by atoms with Crippen LogP contribution in [0, 0.1) is 11.3 Å². The van der Waals surface area contributed by atoms with E-state index in [0.29, 0.717) is 0 Å². The van der Waals surface area contributed by atoms with Crippen molar-refractivity contribution < 1.29 is 0 Å². The standard InChI is InChI=1S/C9H10N2S/c10-5-8-6-3-1-2-4-7(6)9(11)12-8/h1-4,11H2. The Labute approximate surface area is 75.6 Å². The topological polar surface area (TPSA) is 49.8 Å². The van der Waals surface area contributed by atoms with Crippen LogP contribution in [0.15, 0.2) is 0 Å². The molecular formula is C9H10N2S. The van der Waals surface area contributed by atoms with Crippen LogP contribution in [0.3, 0.4) is 0 Å². The molecule has 0 unspecified atom stereocenters. The maximum Gasteiger partial charge on any atom is 0.110 e. The number of thiophene rings is 1. The Morgan fingerprint density at radius 3 is 2.58 bits per heavy atom. The predicted molar refractivity (Wildman–Crippen MR) is 50.1 cm³/mol. The molecule has 2 N–H and O–H groups in total. The third-order valence-corrected chi connectivity index (χ3v) is 3.36. The number of nitriles is 1. The molecule has 1 aliphatic carbocycles. The second-order valence-corrected chi connectivity index (χ2v) is 4.12.